The van der Waals surface area contributed by atoms with E-state index in [2.05, 4.69) is 32.4 Å². The fourth-order valence-electron chi connectivity index (χ4n) is 3.71. The molecule has 0 amide bonds. The van der Waals surface area contributed by atoms with Gasteiger partial charge in [0, 0.05) is 47.9 Å². The molecule has 0 aliphatic rings. The highest BCUT2D eigenvalue weighted by atomic mass is 32.1. The molecule has 0 aliphatic carbocycles. The number of aliphatic hydroxyl groups is 1. The Bertz CT molecular complexity index is 1360. The van der Waals surface area contributed by atoms with Crippen molar-refractivity contribution in [3.05, 3.63) is 73.3 Å². The van der Waals surface area contributed by atoms with Crippen molar-refractivity contribution in [2.45, 2.75) is 19.4 Å². The number of nitrogens with one attached hydrogen (secondary N) is 1. The average molecular weight is 455 g/mol. The molecule has 4 aromatic heterocycles. The van der Waals surface area contributed by atoms with Crippen LogP contribution in [0.5, 0.6) is 0 Å². The second-order valence-electron chi connectivity index (χ2n) is 7.61. The Morgan fingerprint density at radius 3 is 2.36 bits per heavy atom. The number of anilines is 1. The molecular formula is C25H22N6OS. The van der Waals surface area contributed by atoms with Gasteiger partial charge in [-0.25, -0.2) is 19.9 Å². The summed E-state index contributed by atoms with van der Waals surface area (Å²) in [5.41, 5.74) is 3.22. The molecule has 1 atom stereocenters. The van der Waals surface area contributed by atoms with Gasteiger partial charge in [-0.3, -0.25) is 4.98 Å². The van der Waals surface area contributed by atoms with Crippen molar-refractivity contribution in [3.8, 4) is 33.2 Å². The molecule has 0 bridgehead atoms. The molecule has 0 fully saturated rings. The van der Waals surface area contributed by atoms with E-state index in [1.54, 1.807) is 42.2 Å². The van der Waals surface area contributed by atoms with Crippen LogP contribution in [0.25, 0.3) is 43.4 Å². The van der Waals surface area contributed by atoms with Crippen molar-refractivity contribution in [3.63, 3.8) is 0 Å². The summed E-state index contributed by atoms with van der Waals surface area (Å²) < 4.78 is 0. The van der Waals surface area contributed by atoms with Crippen molar-refractivity contribution >= 4 is 27.4 Å². The van der Waals surface area contributed by atoms with Gasteiger partial charge in [-0.2, -0.15) is 0 Å². The number of fused-ring (bicyclic) bond motifs is 1. The summed E-state index contributed by atoms with van der Waals surface area (Å²) in [6.07, 6.45) is 7.57. The van der Waals surface area contributed by atoms with Crippen LogP contribution in [-0.2, 0) is 0 Å². The van der Waals surface area contributed by atoms with E-state index in [9.17, 15) is 5.11 Å². The number of aromatic nitrogens is 5. The van der Waals surface area contributed by atoms with Crippen LogP contribution in [0.15, 0.2) is 73.3 Å². The Morgan fingerprint density at radius 1 is 0.879 bits per heavy atom. The Hall–Kier alpha value is -3.75. The van der Waals surface area contributed by atoms with Gasteiger partial charge < -0.3 is 10.4 Å². The lowest BCUT2D eigenvalue weighted by atomic mass is 10.00. The Labute approximate surface area is 195 Å². The smallest absolute Gasteiger partial charge is 0.201 e. The summed E-state index contributed by atoms with van der Waals surface area (Å²) in [7, 11) is 0. The second-order valence-corrected chi connectivity index (χ2v) is 8.61. The lowest BCUT2D eigenvalue weighted by Gasteiger charge is -2.16. The molecule has 4 heterocycles. The normalized spacial score (nSPS) is 12.1. The monoisotopic (exact) mass is 454 g/mol. The SMILES string of the molecule is CC(CCO)Nc1nc(-c2ncccn2)nc2sc(-c3ccncc3)c(-c3ccccc3)c12. The molecule has 2 N–H and O–H groups in total. The number of aliphatic hydroxyl groups excluding tert-OH is 1. The molecule has 5 rings (SSSR count). The maximum absolute atomic E-state index is 9.45. The van der Waals surface area contributed by atoms with Crippen LogP contribution in [0.2, 0.25) is 0 Å². The number of hydrogen-bond donors (Lipinski definition) is 2. The number of pyridine rings is 1. The molecular weight excluding hydrogens is 432 g/mol. The standard InChI is InChI=1S/C25H22N6OS/c1-16(10-15-32)29-22-20-19(17-6-3-2-4-7-17)21(18-8-13-26-14-9-18)33-25(20)31-24(30-22)23-27-11-5-12-28-23/h2-9,11-14,16,32H,10,15H2,1H3,(H,29,30,31). The van der Waals surface area contributed by atoms with Crippen molar-refractivity contribution in [2.75, 3.05) is 11.9 Å². The minimum absolute atomic E-state index is 0.0190. The molecule has 164 valence electrons. The third kappa shape index (κ3) is 4.30. The zero-order valence-electron chi connectivity index (χ0n) is 18.0. The minimum Gasteiger partial charge on any atom is -0.396 e. The number of hydrogen-bond acceptors (Lipinski definition) is 8. The quantitative estimate of drug-likeness (QED) is 0.355. The minimum atomic E-state index is 0.0190. The van der Waals surface area contributed by atoms with Crippen LogP contribution in [0.4, 0.5) is 5.82 Å². The molecule has 1 aromatic carbocycles. The Morgan fingerprint density at radius 2 is 1.64 bits per heavy atom. The average Bonchev–Trinajstić information content (AvgIpc) is 3.26. The number of rotatable bonds is 7. The van der Waals surface area contributed by atoms with Crippen molar-refractivity contribution in [1.82, 2.24) is 24.9 Å². The van der Waals surface area contributed by atoms with Crippen LogP contribution in [-0.4, -0.2) is 42.7 Å². The van der Waals surface area contributed by atoms with E-state index in [0.717, 1.165) is 31.8 Å². The van der Waals surface area contributed by atoms with Gasteiger partial charge in [-0.05, 0) is 42.7 Å². The van der Waals surface area contributed by atoms with Crippen molar-refractivity contribution < 1.29 is 5.11 Å². The Balaban J connectivity index is 1.81. The van der Waals surface area contributed by atoms with E-state index in [0.29, 0.717) is 23.9 Å². The van der Waals surface area contributed by atoms with Crippen LogP contribution in [0, 0.1) is 0 Å². The summed E-state index contributed by atoms with van der Waals surface area (Å²) >= 11 is 1.61. The van der Waals surface area contributed by atoms with E-state index in [1.165, 1.54) is 0 Å². The summed E-state index contributed by atoms with van der Waals surface area (Å²) in [6.45, 7) is 2.12. The summed E-state index contributed by atoms with van der Waals surface area (Å²) in [4.78, 5) is 24.5. The molecule has 0 aliphatic heterocycles. The number of nitrogens with zero attached hydrogens (tertiary/aromatic N) is 5. The van der Waals surface area contributed by atoms with E-state index >= 15 is 0 Å². The van der Waals surface area contributed by atoms with Crippen LogP contribution in [0.3, 0.4) is 0 Å². The van der Waals surface area contributed by atoms with Crippen molar-refractivity contribution in [1.29, 1.82) is 0 Å². The molecule has 0 radical (unpaired) electrons. The zero-order chi connectivity index (χ0) is 22.6. The first kappa shape index (κ1) is 21.1. The van der Waals surface area contributed by atoms with Gasteiger partial charge in [-0.1, -0.05) is 30.3 Å². The fourth-order valence-corrected chi connectivity index (χ4v) is 4.91. The molecule has 8 heteroatoms. The molecule has 0 spiro atoms. The summed E-state index contributed by atoms with van der Waals surface area (Å²) in [6, 6.07) is 16.1. The first-order valence-corrected chi connectivity index (χ1v) is 11.5. The van der Waals surface area contributed by atoms with E-state index < -0.39 is 0 Å². The lowest BCUT2D eigenvalue weighted by Crippen LogP contribution is -2.18. The van der Waals surface area contributed by atoms with Gasteiger partial charge >= 0.3 is 0 Å². The fraction of sp³-hybridized carbons (Fsp3) is 0.160. The number of thiophene rings is 1. The van der Waals surface area contributed by atoms with E-state index in [1.807, 2.05) is 37.3 Å². The third-order valence-corrected chi connectivity index (χ3v) is 6.40. The van der Waals surface area contributed by atoms with Crippen molar-refractivity contribution in [2.24, 2.45) is 0 Å². The molecule has 33 heavy (non-hydrogen) atoms. The Kier molecular flexibility index (Phi) is 6.01. The summed E-state index contributed by atoms with van der Waals surface area (Å²) in [5, 5.41) is 13.9. The largest absolute Gasteiger partial charge is 0.396 e. The zero-order valence-corrected chi connectivity index (χ0v) is 18.8. The highest BCUT2D eigenvalue weighted by Crippen LogP contribution is 2.46. The highest BCUT2D eigenvalue weighted by molar-refractivity contribution is 7.22. The highest BCUT2D eigenvalue weighted by Gasteiger charge is 2.23. The van der Waals surface area contributed by atoms with Gasteiger partial charge in [-0.15, -0.1) is 11.3 Å². The molecule has 5 aromatic rings. The topological polar surface area (TPSA) is 96.7 Å². The predicted molar refractivity (Wildman–Crippen MR) is 132 cm³/mol. The number of benzene rings is 1. The predicted octanol–water partition coefficient (Wildman–Crippen LogP) is 5.06. The van der Waals surface area contributed by atoms with Gasteiger partial charge in [0.15, 0.2) is 5.82 Å². The van der Waals surface area contributed by atoms with Gasteiger partial charge in [0.2, 0.25) is 5.82 Å². The first-order valence-electron chi connectivity index (χ1n) is 10.7. The van der Waals surface area contributed by atoms with Gasteiger partial charge in [0.05, 0.1) is 5.39 Å². The van der Waals surface area contributed by atoms with Gasteiger partial charge in [0.1, 0.15) is 10.6 Å². The maximum Gasteiger partial charge on any atom is 0.201 e. The summed E-state index contributed by atoms with van der Waals surface area (Å²) in [5.74, 6) is 1.64. The first-order chi connectivity index (χ1) is 16.2. The van der Waals surface area contributed by atoms with Crippen LogP contribution >= 0.6 is 11.3 Å². The lowest BCUT2D eigenvalue weighted by molar-refractivity contribution is 0.282. The third-order valence-electron chi connectivity index (χ3n) is 5.27. The van der Waals surface area contributed by atoms with Gasteiger partial charge in [0.25, 0.3) is 0 Å². The van der Waals surface area contributed by atoms with E-state index in [4.69, 9.17) is 9.97 Å². The maximum atomic E-state index is 9.45. The second kappa shape index (κ2) is 9.40. The van der Waals surface area contributed by atoms with Crippen LogP contribution < -0.4 is 5.32 Å². The van der Waals surface area contributed by atoms with Crippen LogP contribution in [0.1, 0.15) is 13.3 Å². The molecule has 1 unspecified atom stereocenters. The van der Waals surface area contributed by atoms with E-state index in [-0.39, 0.29) is 12.6 Å². The molecule has 7 nitrogen and oxygen atoms in total. The molecule has 0 saturated carbocycles. The molecule has 0 saturated heterocycles.